The van der Waals surface area contributed by atoms with Crippen LogP contribution in [0.1, 0.15) is 252 Å². The molecule has 2 N–H and O–H groups in total. The fourth-order valence-electron chi connectivity index (χ4n) is 7.65. The third-order valence-electron chi connectivity index (χ3n) is 11.9. The van der Waals surface area contributed by atoms with Crippen LogP contribution in [0.2, 0.25) is 0 Å². The number of carbonyl (C=O) groups is 3. The second-order valence-electron chi connectivity index (χ2n) is 18.7. The maximum Gasteiger partial charge on any atom is 0.472 e. The number of aliphatic hydroxyl groups is 1. The average Bonchev–Trinajstić information content (AvgIpc) is 3.35. The molecular weight excluding hydrogens is 904 g/mol. The van der Waals surface area contributed by atoms with Crippen molar-refractivity contribution < 1.29 is 52.2 Å². The van der Waals surface area contributed by atoms with E-state index in [1.54, 1.807) is 0 Å². The van der Waals surface area contributed by atoms with Crippen molar-refractivity contribution in [3.63, 3.8) is 0 Å². The van der Waals surface area contributed by atoms with E-state index in [9.17, 15) is 28.9 Å². The molecule has 11 nitrogen and oxygen atoms in total. The molecule has 0 saturated heterocycles. The molecule has 0 aliphatic heterocycles. The number of unbranched alkanes of at least 4 members (excludes halogenated alkanes) is 25. The van der Waals surface area contributed by atoms with Gasteiger partial charge < -0.3 is 24.2 Å². The topological polar surface area (TPSA) is 155 Å². The lowest BCUT2D eigenvalue weighted by atomic mass is 10.0. The Kier molecular flexibility index (Phi) is 50.4. The molecule has 70 heavy (non-hydrogen) atoms. The molecule has 0 heterocycles. The summed E-state index contributed by atoms with van der Waals surface area (Å²) >= 11 is 0. The first-order valence-corrected chi connectivity index (χ1v) is 29.7. The Labute approximate surface area is 427 Å². The van der Waals surface area contributed by atoms with Gasteiger partial charge in [0.05, 0.1) is 19.8 Å². The second-order valence-corrected chi connectivity index (χ2v) is 20.2. The van der Waals surface area contributed by atoms with Gasteiger partial charge in [-0.25, -0.2) is 4.57 Å². The monoisotopic (exact) mass is 1010 g/mol. The standard InChI is InChI=1S/C58H103O11P/c1-4-7-10-13-16-19-22-24-25-26-27-28-29-31-34-37-40-43-46-49-58(62)69-55(51-65-56(60)47-44-41-38-35-33-30-23-20-17-14-11-8-5-2)53-67-70(63,64)66-52-54(50-59)68-57(61)48-45-42-39-36-32-21-18-15-12-9-6-3/h8,11,15,17-18,20,30,33,38,41,54-55,59H,4-7,9-10,12-14,16,19,21-29,31-32,34-37,39-40,42-53H2,1-3H3,(H,63,64)/b11-8-,18-15-,20-17-,33-30-,41-38-. The molecular formula is C58H103O11P. The van der Waals surface area contributed by atoms with Gasteiger partial charge >= 0.3 is 25.7 Å². The summed E-state index contributed by atoms with van der Waals surface area (Å²) in [7, 11) is -4.76. The van der Waals surface area contributed by atoms with E-state index in [1.807, 2.05) is 12.2 Å². The van der Waals surface area contributed by atoms with Gasteiger partial charge in [-0.15, -0.1) is 0 Å². The third kappa shape index (κ3) is 50.1. The fraction of sp³-hybridized carbons (Fsp3) is 0.776. The van der Waals surface area contributed by atoms with Crippen molar-refractivity contribution in [1.82, 2.24) is 0 Å². The minimum Gasteiger partial charge on any atom is -0.462 e. The van der Waals surface area contributed by atoms with E-state index in [0.717, 1.165) is 83.5 Å². The smallest absolute Gasteiger partial charge is 0.462 e. The number of esters is 3. The quantitative estimate of drug-likeness (QED) is 0.0197. The lowest BCUT2D eigenvalue weighted by Crippen LogP contribution is -2.30. The average molecular weight is 1010 g/mol. The van der Waals surface area contributed by atoms with Crippen LogP contribution in [0.25, 0.3) is 0 Å². The minimum absolute atomic E-state index is 0.106. The molecule has 0 aromatic rings. The molecule has 0 aromatic heterocycles. The fourth-order valence-corrected chi connectivity index (χ4v) is 8.43. The third-order valence-corrected chi connectivity index (χ3v) is 12.9. The molecule has 0 saturated carbocycles. The molecule has 0 aliphatic carbocycles. The van der Waals surface area contributed by atoms with Crippen LogP contribution in [0.4, 0.5) is 0 Å². The van der Waals surface area contributed by atoms with Crippen molar-refractivity contribution in [1.29, 1.82) is 0 Å². The number of rotatable bonds is 52. The Bertz CT molecular complexity index is 1410. The van der Waals surface area contributed by atoms with Crippen LogP contribution >= 0.6 is 7.82 Å². The number of hydrogen-bond donors (Lipinski definition) is 2. The van der Waals surface area contributed by atoms with E-state index in [4.69, 9.17) is 23.3 Å². The molecule has 12 heteroatoms. The Balaban J connectivity index is 4.75. The van der Waals surface area contributed by atoms with Gasteiger partial charge in [-0.05, 0) is 64.2 Å². The maximum absolute atomic E-state index is 12.9. The van der Waals surface area contributed by atoms with Crippen LogP contribution in [0.5, 0.6) is 0 Å². The number of allylic oxidation sites excluding steroid dienone is 10. The van der Waals surface area contributed by atoms with Crippen LogP contribution in [0.15, 0.2) is 60.8 Å². The SMILES string of the molecule is CC/C=C\C/C=C\C/C=C\C/C=C\CCC(=O)OCC(COP(=O)(O)OCC(CO)OC(=O)CCCCCCC/C=C\CCCC)OC(=O)CCCCCCCCCCCCCCCCCCCCC. The Morgan fingerprint density at radius 2 is 0.786 bits per heavy atom. The number of ether oxygens (including phenoxy) is 3. The predicted molar refractivity (Wildman–Crippen MR) is 288 cm³/mol. The Hall–Kier alpha value is -2.82. The van der Waals surface area contributed by atoms with Crippen LogP contribution in [0.3, 0.4) is 0 Å². The first-order valence-electron chi connectivity index (χ1n) is 28.2. The normalized spacial score (nSPS) is 13.8. The van der Waals surface area contributed by atoms with Crippen LogP contribution in [-0.4, -0.2) is 66.5 Å². The highest BCUT2D eigenvalue weighted by Crippen LogP contribution is 2.43. The van der Waals surface area contributed by atoms with Gasteiger partial charge in [0.1, 0.15) is 12.7 Å². The van der Waals surface area contributed by atoms with Crippen molar-refractivity contribution in [2.75, 3.05) is 26.4 Å². The van der Waals surface area contributed by atoms with Gasteiger partial charge in [0.25, 0.3) is 0 Å². The maximum atomic E-state index is 12.9. The van der Waals surface area contributed by atoms with E-state index in [-0.39, 0.29) is 25.9 Å². The molecule has 0 amide bonds. The zero-order valence-electron chi connectivity index (χ0n) is 44.7. The summed E-state index contributed by atoms with van der Waals surface area (Å²) in [6, 6.07) is 0. The number of carbonyl (C=O) groups excluding carboxylic acids is 3. The molecule has 0 radical (unpaired) electrons. The lowest BCUT2D eigenvalue weighted by molar-refractivity contribution is -0.161. The zero-order valence-corrected chi connectivity index (χ0v) is 45.6. The van der Waals surface area contributed by atoms with Crippen molar-refractivity contribution in [3.05, 3.63) is 60.8 Å². The second kappa shape index (κ2) is 52.5. The molecule has 0 aliphatic rings. The molecule has 0 bridgehead atoms. The largest absolute Gasteiger partial charge is 0.472 e. The zero-order chi connectivity index (χ0) is 51.3. The van der Waals surface area contributed by atoms with Gasteiger partial charge in [0.2, 0.25) is 0 Å². The van der Waals surface area contributed by atoms with Gasteiger partial charge in [-0.1, -0.05) is 229 Å². The lowest BCUT2D eigenvalue weighted by Gasteiger charge is -2.21. The molecule has 0 aromatic carbocycles. The highest BCUT2D eigenvalue weighted by molar-refractivity contribution is 7.47. The van der Waals surface area contributed by atoms with E-state index in [0.29, 0.717) is 19.3 Å². The van der Waals surface area contributed by atoms with Gasteiger partial charge in [0, 0.05) is 19.3 Å². The summed E-state index contributed by atoms with van der Waals surface area (Å²) in [5, 5.41) is 9.78. The van der Waals surface area contributed by atoms with Gasteiger partial charge in [-0.2, -0.15) is 0 Å². The molecule has 0 spiro atoms. The number of aliphatic hydroxyl groups excluding tert-OH is 1. The van der Waals surface area contributed by atoms with Gasteiger partial charge in [-0.3, -0.25) is 23.4 Å². The molecule has 406 valence electrons. The van der Waals surface area contributed by atoms with Crippen molar-refractivity contribution in [2.45, 2.75) is 264 Å². The highest BCUT2D eigenvalue weighted by atomic mass is 31.2. The van der Waals surface area contributed by atoms with E-state index in [2.05, 4.69) is 69.4 Å². The highest BCUT2D eigenvalue weighted by Gasteiger charge is 2.28. The molecule has 0 rings (SSSR count). The summed E-state index contributed by atoms with van der Waals surface area (Å²) < 4.78 is 39.3. The summed E-state index contributed by atoms with van der Waals surface area (Å²) in [5.74, 6) is -1.56. The predicted octanol–water partition coefficient (Wildman–Crippen LogP) is 16.4. The van der Waals surface area contributed by atoms with Crippen LogP contribution in [0, 0.1) is 0 Å². The van der Waals surface area contributed by atoms with E-state index < -0.39 is 57.8 Å². The van der Waals surface area contributed by atoms with Gasteiger partial charge in [0.15, 0.2) is 6.10 Å². The van der Waals surface area contributed by atoms with Crippen molar-refractivity contribution in [3.8, 4) is 0 Å². The summed E-state index contributed by atoms with van der Waals surface area (Å²) in [6.45, 7) is 4.42. The summed E-state index contributed by atoms with van der Waals surface area (Å²) in [5.41, 5.74) is 0. The van der Waals surface area contributed by atoms with Crippen molar-refractivity contribution in [2.24, 2.45) is 0 Å². The Morgan fingerprint density at radius 3 is 1.24 bits per heavy atom. The minimum atomic E-state index is -4.76. The first kappa shape index (κ1) is 67.2. The van der Waals surface area contributed by atoms with Crippen LogP contribution in [-0.2, 0) is 42.2 Å². The number of phosphoric acid groups is 1. The van der Waals surface area contributed by atoms with E-state index in [1.165, 1.54) is 109 Å². The molecule has 3 unspecified atom stereocenters. The summed E-state index contributed by atoms with van der Waals surface area (Å²) in [6.07, 6.45) is 56.4. The van der Waals surface area contributed by atoms with Crippen molar-refractivity contribution >= 4 is 25.7 Å². The van der Waals surface area contributed by atoms with E-state index >= 15 is 0 Å². The number of phosphoric ester groups is 1. The summed E-state index contributed by atoms with van der Waals surface area (Å²) in [4.78, 5) is 48.4. The first-order chi connectivity index (χ1) is 34.2. The molecule has 3 atom stereocenters. The van der Waals surface area contributed by atoms with Crippen LogP contribution < -0.4 is 0 Å². The Morgan fingerprint density at radius 1 is 0.414 bits per heavy atom. The number of hydrogen-bond acceptors (Lipinski definition) is 10. The molecule has 0 fully saturated rings.